The van der Waals surface area contributed by atoms with Crippen LogP contribution in [0.3, 0.4) is 0 Å². The Morgan fingerprint density at radius 3 is 2.53 bits per heavy atom. The fourth-order valence-electron chi connectivity index (χ4n) is 3.93. The molecular formula is C13H15F3N2S. The average Bonchev–Trinajstić information content (AvgIpc) is 2.58. The van der Waals surface area contributed by atoms with E-state index in [2.05, 4.69) is 9.97 Å². The van der Waals surface area contributed by atoms with Gasteiger partial charge in [-0.1, -0.05) is 20.8 Å². The molecule has 1 aromatic heterocycles. The summed E-state index contributed by atoms with van der Waals surface area (Å²) in [5.74, 6) is -0.0940. The van der Waals surface area contributed by atoms with Crippen molar-refractivity contribution >= 4 is 12.2 Å². The van der Waals surface area contributed by atoms with E-state index in [1.165, 1.54) is 0 Å². The lowest BCUT2D eigenvalue weighted by Gasteiger charge is -2.34. The molecule has 2 nitrogen and oxygen atoms in total. The Morgan fingerprint density at radius 1 is 1.32 bits per heavy atom. The number of rotatable bonds is 0. The predicted octanol–water partition coefficient (Wildman–Crippen LogP) is 4.33. The molecule has 0 aliphatic heterocycles. The topological polar surface area (TPSA) is 28.7 Å². The highest BCUT2D eigenvalue weighted by atomic mass is 32.1. The van der Waals surface area contributed by atoms with Gasteiger partial charge in [0.25, 0.3) is 0 Å². The Hall–Kier alpha value is -0.910. The predicted molar refractivity (Wildman–Crippen MR) is 67.5 cm³/mol. The zero-order valence-corrected chi connectivity index (χ0v) is 11.8. The average molecular weight is 288 g/mol. The van der Waals surface area contributed by atoms with Crippen molar-refractivity contribution in [1.29, 1.82) is 0 Å². The SMILES string of the molecule is CC1(C)[C@@H]2CC[C@@]1(C)c1[nH]c(=S)nc(C(F)(F)F)c12. The molecule has 1 heterocycles. The van der Waals surface area contributed by atoms with Crippen LogP contribution in [0.1, 0.15) is 56.5 Å². The number of aromatic nitrogens is 2. The molecule has 1 saturated carbocycles. The Balaban J connectivity index is 2.37. The third kappa shape index (κ3) is 1.43. The highest BCUT2D eigenvalue weighted by Gasteiger charge is 2.62. The molecule has 2 bridgehead atoms. The van der Waals surface area contributed by atoms with Crippen LogP contribution in [0.15, 0.2) is 0 Å². The second-order valence-corrected chi connectivity index (χ2v) is 6.71. The number of nitrogens with one attached hydrogen (secondary N) is 1. The zero-order chi connectivity index (χ0) is 14.2. The van der Waals surface area contributed by atoms with Crippen molar-refractivity contribution in [3.8, 4) is 0 Å². The lowest BCUT2D eigenvalue weighted by molar-refractivity contribution is -0.142. The van der Waals surface area contributed by atoms with Gasteiger partial charge in [0.05, 0.1) is 0 Å². The Bertz CT molecular complexity index is 617. The van der Waals surface area contributed by atoms with Crippen molar-refractivity contribution in [2.24, 2.45) is 5.41 Å². The summed E-state index contributed by atoms with van der Waals surface area (Å²) < 4.78 is 39.5. The van der Waals surface area contributed by atoms with Gasteiger partial charge in [-0.15, -0.1) is 0 Å². The van der Waals surface area contributed by atoms with Crippen molar-refractivity contribution in [3.05, 3.63) is 21.7 Å². The van der Waals surface area contributed by atoms with Gasteiger partial charge in [0.1, 0.15) is 0 Å². The number of nitrogens with zero attached hydrogens (tertiary/aromatic N) is 1. The lowest BCUT2D eigenvalue weighted by atomic mass is 9.70. The second kappa shape index (κ2) is 3.40. The minimum absolute atomic E-state index is 0.0735. The quantitative estimate of drug-likeness (QED) is 0.720. The summed E-state index contributed by atoms with van der Waals surface area (Å²) in [6, 6.07) is 0. The van der Waals surface area contributed by atoms with Gasteiger partial charge in [-0.2, -0.15) is 13.2 Å². The maximum atomic E-state index is 13.2. The molecule has 2 aliphatic carbocycles. The Labute approximate surface area is 114 Å². The molecule has 0 amide bonds. The van der Waals surface area contributed by atoms with Crippen LogP contribution in [0, 0.1) is 10.2 Å². The van der Waals surface area contributed by atoms with Gasteiger partial charge in [-0.05, 0) is 36.4 Å². The maximum absolute atomic E-state index is 13.2. The van der Waals surface area contributed by atoms with E-state index in [1.807, 2.05) is 20.8 Å². The van der Waals surface area contributed by atoms with Crippen molar-refractivity contribution in [3.63, 3.8) is 0 Å². The van der Waals surface area contributed by atoms with Crippen molar-refractivity contribution in [2.75, 3.05) is 0 Å². The smallest absolute Gasteiger partial charge is 0.334 e. The van der Waals surface area contributed by atoms with Crippen molar-refractivity contribution < 1.29 is 13.2 Å². The normalized spacial score (nSPS) is 31.6. The first-order chi connectivity index (χ1) is 8.59. The van der Waals surface area contributed by atoms with Crippen LogP contribution in [-0.2, 0) is 11.6 Å². The van der Waals surface area contributed by atoms with Crippen LogP contribution < -0.4 is 0 Å². The summed E-state index contributed by atoms with van der Waals surface area (Å²) in [7, 11) is 0. The van der Waals surface area contributed by atoms with E-state index in [0.717, 1.165) is 12.8 Å². The fourth-order valence-corrected chi connectivity index (χ4v) is 4.12. The minimum Gasteiger partial charge on any atom is -0.334 e. The molecule has 1 N–H and O–H groups in total. The van der Waals surface area contributed by atoms with Crippen LogP contribution in [-0.4, -0.2) is 9.97 Å². The molecule has 0 unspecified atom stereocenters. The summed E-state index contributed by atoms with van der Waals surface area (Å²) in [6.07, 6.45) is -2.76. The van der Waals surface area contributed by atoms with Gasteiger partial charge in [-0.3, -0.25) is 0 Å². The molecular weight excluding hydrogens is 273 g/mol. The van der Waals surface area contributed by atoms with E-state index >= 15 is 0 Å². The molecule has 3 rings (SSSR count). The van der Waals surface area contributed by atoms with Crippen LogP contribution in [0.25, 0.3) is 0 Å². The van der Waals surface area contributed by atoms with Crippen molar-refractivity contribution in [1.82, 2.24) is 9.97 Å². The number of fused-ring (bicyclic) bond motifs is 5. The summed E-state index contributed by atoms with van der Waals surface area (Å²) in [5, 5.41) is 0. The van der Waals surface area contributed by atoms with Gasteiger partial charge in [0, 0.05) is 16.7 Å². The van der Waals surface area contributed by atoms with Crippen LogP contribution in [0.4, 0.5) is 13.2 Å². The summed E-state index contributed by atoms with van der Waals surface area (Å²) in [4.78, 5) is 6.50. The molecule has 2 aliphatic rings. The van der Waals surface area contributed by atoms with Gasteiger partial charge in [0.2, 0.25) is 0 Å². The fraction of sp³-hybridized carbons (Fsp3) is 0.692. The standard InChI is InChI=1S/C13H15F3N2S/c1-11(2)6-4-5-12(11,3)8-7(6)9(13(14,15)16)18-10(19)17-8/h6H,4-5H2,1-3H3,(H,17,18,19)/t6-,12+/m1/s1. The number of H-pyrrole nitrogens is 1. The largest absolute Gasteiger partial charge is 0.433 e. The van der Waals surface area contributed by atoms with E-state index in [9.17, 15) is 13.2 Å². The first-order valence-corrected chi connectivity index (χ1v) is 6.72. The molecule has 1 aromatic rings. The Kier molecular flexibility index (Phi) is 2.34. The third-order valence-electron chi connectivity index (χ3n) is 5.36. The minimum atomic E-state index is -4.44. The highest BCUT2D eigenvalue weighted by Crippen LogP contribution is 2.68. The molecule has 19 heavy (non-hydrogen) atoms. The number of halogens is 3. The summed E-state index contributed by atoms with van der Waals surface area (Å²) >= 11 is 4.88. The van der Waals surface area contributed by atoms with Crippen LogP contribution in [0.2, 0.25) is 0 Å². The molecule has 6 heteroatoms. The highest BCUT2D eigenvalue weighted by molar-refractivity contribution is 7.71. The van der Waals surface area contributed by atoms with Gasteiger partial charge < -0.3 is 4.98 Å². The Morgan fingerprint density at radius 2 is 1.95 bits per heavy atom. The molecule has 0 radical (unpaired) electrons. The molecule has 2 atom stereocenters. The lowest BCUT2D eigenvalue weighted by Crippen LogP contribution is -2.32. The summed E-state index contributed by atoms with van der Waals surface area (Å²) in [6.45, 7) is 6.12. The van der Waals surface area contributed by atoms with E-state index < -0.39 is 11.9 Å². The van der Waals surface area contributed by atoms with Gasteiger partial charge >= 0.3 is 6.18 Å². The van der Waals surface area contributed by atoms with E-state index in [1.54, 1.807) is 0 Å². The van der Waals surface area contributed by atoms with E-state index in [0.29, 0.717) is 11.3 Å². The monoisotopic (exact) mass is 288 g/mol. The van der Waals surface area contributed by atoms with E-state index in [4.69, 9.17) is 12.2 Å². The number of alkyl halides is 3. The number of hydrogen-bond donors (Lipinski definition) is 1. The molecule has 104 valence electrons. The first kappa shape index (κ1) is 13.1. The van der Waals surface area contributed by atoms with Gasteiger partial charge in [-0.25, -0.2) is 4.98 Å². The number of aromatic amines is 1. The van der Waals surface area contributed by atoms with Crippen molar-refractivity contribution in [2.45, 2.75) is 51.1 Å². The maximum Gasteiger partial charge on any atom is 0.433 e. The molecule has 0 spiro atoms. The molecule has 0 saturated heterocycles. The zero-order valence-electron chi connectivity index (χ0n) is 11.0. The molecule has 1 fully saturated rings. The first-order valence-electron chi connectivity index (χ1n) is 6.31. The van der Waals surface area contributed by atoms with Crippen LogP contribution in [0.5, 0.6) is 0 Å². The molecule has 0 aromatic carbocycles. The van der Waals surface area contributed by atoms with Gasteiger partial charge in [0.15, 0.2) is 10.5 Å². The van der Waals surface area contributed by atoms with Crippen LogP contribution >= 0.6 is 12.2 Å². The second-order valence-electron chi connectivity index (χ2n) is 6.32. The third-order valence-corrected chi connectivity index (χ3v) is 5.56. The summed E-state index contributed by atoms with van der Waals surface area (Å²) in [5.41, 5.74) is -0.256. The number of hydrogen-bond acceptors (Lipinski definition) is 2. The van der Waals surface area contributed by atoms with E-state index in [-0.39, 0.29) is 21.5 Å².